The van der Waals surface area contributed by atoms with E-state index in [1.807, 2.05) is 36.4 Å². The third-order valence-electron chi connectivity index (χ3n) is 5.36. The smallest absolute Gasteiger partial charge is 0.343 e. The zero-order chi connectivity index (χ0) is 22.0. The second-order valence-electron chi connectivity index (χ2n) is 7.41. The number of carbonyl (C=O) groups is 2. The maximum atomic E-state index is 12.6. The van der Waals surface area contributed by atoms with Crippen LogP contribution in [0.15, 0.2) is 48.5 Å². The van der Waals surface area contributed by atoms with Crippen molar-refractivity contribution in [3.8, 4) is 0 Å². The Morgan fingerprint density at radius 2 is 1.77 bits per heavy atom. The molecule has 6 nitrogen and oxygen atoms in total. The van der Waals surface area contributed by atoms with Crippen molar-refractivity contribution in [2.75, 3.05) is 13.2 Å². The molecule has 0 saturated carbocycles. The quantitative estimate of drug-likeness (QED) is 0.536. The third-order valence-corrected chi connectivity index (χ3v) is 6.11. The highest BCUT2D eigenvalue weighted by atomic mass is 35.5. The van der Waals surface area contributed by atoms with Gasteiger partial charge in [0, 0.05) is 18.1 Å². The van der Waals surface area contributed by atoms with Crippen molar-refractivity contribution in [1.82, 2.24) is 14.7 Å². The summed E-state index contributed by atoms with van der Waals surface area (Å²) in [6.45, 7) is 2.77. The van der Waals surface area contributed by atoms with Gasteiger partial charge in [-0.25, -0.2) is 9.48 Å². The van der Waals surface area contributed by atoms with Crippen LogP contribution in [0.1, 0.15) is 32.7 Å². The zero-order valence-corrected chi connectivity index (χ0v) is 18.5. The summed E-state index contributed by atoms with van der Waals surface area (Å²) in [4.78, 5) is 26.9. The van der Waals surface area contributed by atoms with Crippen LogP contribution in [0.4, 0.5) is 0 Å². The third kappa shape index (κ3) is 4.60. The summed E-state index contributed by atoms with van der Waals surface area (Å²) in [5.41, 5.74) is 3.78. The number of benzene rings is 2. The summed E-state index contributed by atoms with van der Waals surface area (Å²) in [6.07, 6.45) is 0.787. The minimum absolute atomic E-state index is 0.154. The van der Waals surface area contributed by atoms with E-state index < -0.39 is 5.97 Å². The Morgan fingerprint density at radius 3 is 2.55 bits per heavy atom. The van der Waals surface area contributed by atoms with Crippen LogP contribution in [0.25, 0.3) is 0 Å². The van der Waals surface area contributed by atoms with Crippen molar-refractivity contribution < 1.29 is 14.3 Å². The molecule has 2 aromatic carbocycles. The number of esters is 1. The molecule has 0 atom stereocenters. The van der Waals surface area contributed by atoms with Crippen LogP contribution in [-0.2, 0) is 29.0 Å². The summed E-state index contributed by atoms with van der Waals surface area (Å²) in [7, 11) is 0. The number of hydrogen-bond donors (Lipinski definition) is 0. The number of carbonyl (C=O) groups excluding carboxylic acids is 2. The highest BCUT2D eigenvalue weighted by Crippen LogP contribution is 2.24. The molecule has 1 aliphatic rings. The molecule has 0 N–H and O–H groups in total. The molecule has 8 heteroatoms. The van der Waals surface area contributed by atoms with E-state index in [1.165, 1.54) is 10.2 Å². The zero-order valence-electron chi connectivity index (χ0n) is 17.0. The predicted molar refractivity (Wildman–Crippen MR) is 118 cm³/mol. The molecule has 0 aliphatic carbocycles. The molecular weight excluding hydrogens is 437 g/mol. The fraction of sp³-hybridized carbons (Fsp3) is 0.261. The summed E-state index contributed by atoms with van der Waals surface area (Å²) in [5, 5.41) is 5.08. The predicted octanol–water partition coefficient (Wildman–Crippen LogP) is 4.29. The van der Waals surface area contributed by atoms with E-state index in [-0.39, 0.29) is 23.2 Å². The van der Waals surface area contributed by atoms with Crippen LogP contribution >= 0.6 is 23.2 Å². The minimum atomic E-state index is -0.668. The van der Waals surface area contributed by atoms with Crippen molar-refractivity contribution in [2.24, 2.45) is 0 Å². The van der Waals surface area contributed by atoms with Gasteiger partial charge in [0.25, 0.3) is 5.91 Å². The molecule has 0 bridgehead atoms. The van der Waals surface area contributed by atoms with Gasteiger partial charge in [-0.1, -0.05) is 65.7 Å². The molecule has 31 heavy (non-hydrogen) atoms. The normalized spacial score (nSPS) is 13.1. The van der Waals surface area contributed by atoms with E-state index in [0.717, 1.165) is 17.5 Å². The number of ether oxygens (including phenoxy) is 1. The Kier molecular flexibility index (Phi) is 6.30. The van der Waals surface area contributed by atoms with Crippen LogP contribution in [0.5, 0.6) is 0 Å². The number of hydrogen-bond acceptors (Lipinski definition) is 4. The monoisotopic (exact) mass is 457 g/mol. The van der Waals surface area contributed by atoms with Crippen molar-refractivity contribution >= 4 is 35.1 Å². The van der Waals surface area contributed by atoms with Crippen LogP contribution in [-0.4, -0.2) is 39.7 Å². The summed E-state index contributed by atoms with van der Waals surface area (Å²) >= 11 is 12.6. The molecule has 1 aliphatic heterocycles. The van der Waals surface area contributed by atoms with Gasteiger partial charge < -0.3 is 9.64 Å². The SMILES string of the molecule is Cc1nn(Cc2ccccc2Cl)c(Cl)c1C(=O)OCC(=O)N1CCc2ccccc2C1. The number of aromatic nitrogens is 2. The fourth-order valence-electron chi connectivity index (χ4n) is 3.68. The van der Waals surface area contributed by atoms with Crippen LogP contribution < -0.4 is 0 Å². The van der Waals surface area contributed by atoms with Gasteiger partial charge in [0.1, 0.15) is 10.7 Å². The van der Waals surface area contributed by atoms with E-state index in [1.54, 1.807) is 17.9 Å². The maximum absolute atomic E-state index is 12.6. The molecule has 0 fully saturated rings. The van der Waals surface area contributed by atoms with Gasteiger partial charge in [0.2, 0.25) is 0 Å². The molecule has 0 saturated heterocycles. The van der Waals surface area contributed by atoms with E-state index in [0.29, 0.717) is 30.4 Å². The van der Waals surface area contributed by atoms with Crippen molar-refractivity contribution in [3.63, 3.8) is 0 Å². The van der Waals surface area contributed by atoms with E-state index >= 15 is 0 Å². The average Bonchev–Trinajstić information content (AvgIpc) is 3.06. The average molecular weight is 458 g/mol. The Hall–Kier alpha value is -2.83. The topological polar surface area (TPSA) is 64.4 Å². The van der Waals surface area contributed by atoms with Gasteiger partial charge in [-0.05, 0) is 36.1 Å². The number of aryl methyl sites for hydroxylation is 1. The lowest BCUT2D eigenvalue weighted by molar-refractivity contribution is -0.135. The maximum Gasteiger partial charge on any atom is 0.343 e. The van der Waals surface area contributed by atoms with Gasteiger partial charge in [-0.3, -0.25) is 4.79 Å². The second-order valence-corrected chi connectivity index (χ2v) is 8.18. The van der Waals surface area contributed by atoms with Crippen LogP contribution in [0, 0.1) is 6.92 Å². The first-order valence-electron chi connectivity index (χ1n) is 9.92. The lowest BCUT2D eigenvalue weighted by Crippen LogP contribution is -2.38. The number of rotatable bonds is 5. The van der Waals surface area contributed by atoms with Gasteiger partial charge in [-0.2, -0.15) is 5.10 Å². The Bertz CT molecular complexity index is 1140. The van der Waals surface area contributed by atoms with E-state index in [2.05, 4.69) is 11.2 Å². The van der Waals surface area contributed by atoms with Crippen LogP contribution in [0.3, 0.4) is 0 Å². The fourth-order valence-corrected chi connectivity index (χ4v) is 4.18. The second kappa shape index (κ2) is 9.12. The van der Waals surface area contributed by atoms with E-state index in [9.17, 15) is 9.59 Å². The molecule has 4 rings (SSSR count). The van der Waals surface area contributed by atoms with Gasteiger partial charge in [0.05, 0.1) is 12.2 Å². The number of nitrogens with zero attached hydrogens (tertiary/aromatic N) is 3. The molecule has 1 aromatic heterocycles. The van der Waals surface area contributed by atoms with Crippen molar-refractivity contribution in [2.45, 2.75) is 26.4 Å². The molecule has 0 spiro atoms. The largest absolute Gasteiger partial charge is 0.452 e. The highest BCUT2D eigenvalue weighted by molar-refractivity contribution is 6.33. The summed E-state index contributed by atoms with van der Waals surface area (Å²) in [6, 6.07) is 15.4. The molecule has 0 radical (unpaired) electrons. The first kappa shape index (κ1) is 21.4. The molecule has 0 unspecified atom stereocenters. The lowest BCUT2D eigenvalue weighted by atomic mass is 10.00. The molecule has 2 heterocycles. The minimum Gasteiger partial charge on any atom is -0.452 e. The lowest BCUT2D eigenvalue weighted by Gasteiger charge is -2.28. The molecule has 1 amide bonds. The molecule has 160 valence electrons. The molecule has 3 aromatic rings. The summed E-state index contributed by atoms with van der Waals surface area (Å²) < 4.78 is 6.78. The number of halogens is 2. The highest BCUT2D eigenvalue weighted by Gasteiger charge is 2.25. The van der Waals surface area contributed by atoms with Crippen molar-refractivity contribution in [3.05, 3.63) is 86.7 Å². The van der Waals surface area contributed by atoms with E-state index in [4.69, 9.17) is 27.9 Å². The Balaban J connectivity index is 1.40. The Morgan fingerprint density at radius 1 is 1.06 bits per heavy atom. The summed E-state index contributed by atoms with van der Waals surface area (Å²) in [5.74, 6) is -0.904. The first-order chi connectivity index (χ1) is 14.9. The van der Waals surface area contributed by atoms with Crippen LogP contribution in [0.2, 0.25) is 10.2 Å². The first-order valence-corrected chi connectivity index (χ1v) is 10.7. The number of amides is 1. The standard InChI is InChI=1S/C23H21Cl2N3O3/c1-15-21(22(25)28(26-15)13-18-8-4-5-9-19(18)24)23(30)31-14-20(29)27-11-10-16-6-2-3-7-17(16)12-27/h2-9H,10-14H2,1H3. The molecular formula is C23H21Cl2N3O3. The van der Waals surface area contributed by atoms with Gasteiger partial charge in [0.15, 0.2) is 6.61 Å². The van der Waals surface area contributed by atoms with Gasteiger partial charge in [-0.15, -0.1) is 0 Å². The number of fused-ring (bicyclic) bond motifs is 1. The van der Waals surface area contributed by atoms with Crippen molar-refractivity contribution in [1.29, 1.82) is 0 Å². The Labute approximate surface area is 190 Å². The van der Waals surface area contributed by atoms with Gasteiger partial charge >= 0.3 is 5.97 Å².